The molecule has 2 N–H and O–H groups in total. The lowest BCUT2D eigenvalue weighted by Crippen LogP contribution is -2.15. The first-order valence-corrected chi connectivity index (χ1v) is 11.2. The van der Waals surface area contributed by atoms with Crippen molar-refractivity contribution in [3.8, 4) is 22.5 Å². The van der Waals surface area contributed by atoms with Gasteiger partial charge in [0.05, 0.1) is 16.9 Å². The Kier molecular flexibility index (Phi) is 6.13. The molecule has 0 saturated heterocycles. The van der Waals surface area contributed by atoms with Crippen molar-refractivity contribution in [1.82, 2.24) is 15.0 Å². The van der Waals surface area contributed by atoms with E-state index in [0.717, 1.165) is 39.1 Å². The molecular formula is C27H22ClN5. The number of halogens is 1. The van der Waals surface area contributed by atoms with E-state index in [1.807, 2.05) is 66.7 Å². The van der Waals surface area contributed by atoms with Crippen molar-refractivity contribution in [2.75, 3.05) is 23.7 Å². The van der Waals surface area contributed by atoms with Gasteiger partial charge >= 0.3 is 0 Å². The maximum atomic E-state index is 6.10. The molecule has 2 aromatic heterocycles. The van der Waals surface area contributed by atoms with Crippen LogP contribution in [0.2, 0.25) is 5.02 Å². The third-order valence-corrected chi connectivity index (χ3v) is 5.53. The van der Waals surface area contributed by atoms with Crippen molar-refractivity contribution in [1.29, 1.82) is 0 Å². The van der Waals surface area contributed by atoms with Crippen LogP contribution in [0.25, 0.3) is 33.4 Å². The monoisotopic (exact) mass is 451 g/mol. The second kappa shape index (κ2) is 9.67. The Bertz CT molecular complexity index is 1320. The number of pyridine rings is 1. The van der Waals surface area contributed by atoms with E-state index >= 15 is 0 Å². The van der Waals surface area contributed by atoms with Gasteiger partial charge in [-0.15, -0.1) is 0 Å². The van der Waals surface area contributed by atoms with Crippen LogP contribution in [0.5, 0.6) is 0 Å². The minimum absolute atomic E-state index is 0.600. The highest BCUT2D eigenvalue weighted by Gasteiger charge is 2.09. The lowest BCUT2D eigenvalue weighted by Gasteiger charge is -2.12. The van der Waals surface area contributed by atoms with Gasteiger partial charge in [-0.1, -0.05) is 72.3 Å². The molecule has 0 aliphatic heterocycles. The molecule has 0 aliphatic rings. The summed E-state index contributed by atoms with van der Waals surface area (Å²) in [5.74, 6) is 0.600. The van der Waals surface area contributed by atoms with Crippen LogP contribution in [0.4, 0.5) is 11.6 Å². The lowest BCUT2D eigenvalue weighted by atomic mass is 10.1. The van der Waals surface area contributed by atoms with Crippen LogP contribution >= 0.6 is 11.6 Å². The summed E-state index contributed by atoms with van der Waals surface area (Å²) < 4.78 is 0. The van der Waals surface area contributed by atoms with E-state index in [1.54, 1.807) is 6.20 Å². The molecule has 6 heteroatoms. The molecule has 33 heavy (non-hydrogen) atoms. The number of hydrogen-bond acceptors (Lipinski definition) is 5. The molecule has 0 saturated carbocycles. The fourth-order valence-electron chi connectivity index (χ4n) is 3.69. The normalized spacial score (nSPS) is 10.8. The smallest absolute Gasteiger partial charge is 0.223 e. The number of fused-ring (bicyclic) bond motifs is 1. The molecule has 0 atom stereocenters. The molecule has 2 heterocycles. The van der Waals surface area contributed by atoms with Crippen LogP contribution < -0.4 is 10.6 Å². The second-order valence-corrected chi connectivity index (χ2v) is 8.00. The van der Waals surface area contributed by atoms with Crippen molar-refractivity contribution in [2.45, 2.75) is 0 Å². The summed E-state index contributed by atoms with van der Waals surface area (Å²) in [6.07, 6.45) is 1.78. The molecule has 0 aliphatic carbocycles. The summed E-state index contributed by atoms with van der Waals surface area (Å²) in [6, 6.07) is 30.0. The van der Waals surface area contributed by atoms with Gasteiger partial charge in [-0.25, -0.2) is 9.97 Å². The number of benzene rings is 3. The molecular weight excluding hydrogens is 430 g/mol. The average molecular weight is 452 g/mol. The fourth-order valence-corrected chi connectivity index (χ4v) is 3.85. The van der Waals surface area contributed by atoms with E-state index in [1.165, 1.54) is 0 Å². The molecule has 3 aromatic carbocycles. The number of anilines is 2. The Morgan fingerprint density at radius 2 is 1.30 bits per heavy atom. The zero-order valence-corrected chi connectivity index (χ0v) is 18.6. The van der Waals surface area contributed by atoms with Gasteiger partial charge in [0.15, 0.2) is 0 Å². The molecule has 0 radical (unpaired) electrons. The Labute approximate surface area is 197 Å². The Balaban J connectivity index is 1.34. The minimum Gasteiger partial charge on any atom is -0.383 e. The van der Waals surface area contributed by atoms with Crippen molar-refractivity contribution in [3.05, 3.63) is 102 Å². The third-order valence-electron chi connectivity index (χ3n) is 5.29. The standard InChI is InChI=1S/C27H22ClN5/c28-21-11-12-22-23(13-14-29-26(22)17-21)30-15-16-31-27-32-24(19-7-3-1-4-8-19)18-25(33-27)20-9-5-2-6-10-20/h1-14,17-18H,15-16H2,(H,29,30)(H,31,32,33). The van der Waals surface area contributed by atoms with Crippen molar-refractivity contribution >= 4 is 34.1 Å². The molecule has 0 unspecified atom stereocenters. The van der Waals surface area contributed by atoms with Gasteiger partial charge in [0.25, 0.3) is 0 Å². The molecule has 162 valence electrons. The van der Waals surface area contributed by atoms with E-state index < -0.39 is 0 Å². The average Bonchev–Trinajstić information content (AvgIpc) is 2.87. The quantitative estimate of drug-likeness (QED) is 0.275. The SMILES string of the molecule is Clc1ccc2c(NCCNc3nc(-c4ccccc4)cc(-c4ccccc4)n3)ccnc2c1. The van der Waals surface area contributed by atoms with Crippen LogP contribution in [0.15, 0.2) is 97.2 Å². The van der Waals surface area contributed by atoms with Gasteiger partial charge in [-0.2, -0.15) is 0 Å². The van der Waals surface area contributed by atoms with Gasteiger partial charge < -0.3 is 10.6 Å². The summed E-state index contributed by atoms with van der Waals surface area (Å²) in [7, 11) is 0. The summed E-state index contributed by atoms with van der Waals surface area (Å²) in [4.78, 5) is 13.9. The zero-order chi connectivity index (χ0) is 22.5. The Morgan fingerprint density at radius 1 is 0.667 bits per heavy atom. The van der Waals surface area contributed by atoms with Crippen LogP contribution in [-0.2, 0) is 0 Å². The van der Waals surface area contributed by atoms with Crippen molar-refractivity contribution in [2.24, 2.45) is 0 Å². The Hall–Kier alpha value is -3.96. The second-order valence-electron chi connectivity index (χ2n) is 7.57. The topological polar surface area (TPSA) is 62.7 Å². The van der Waals surface area contributed by atoms with Crippen molar-refractivity contribution < 1.29 is 0 Å². The number of rotatable bonds is 7. The van der Waals surface area contributed by atoms with Crippen LogP contribution in [0, 0.1) is 0 Å². The van der Waals surface area contributed by atoms with Crippen molar-refractivity contribution in [3.63, 3.8) is 0 Å². The molecule has 0 fully saturated rings. The van der Waals surface area contributed by atoms with Gasteiger partial charge in [0.1, 0.15) is 0 Å². The molecule has 0 spiro atoms. The molecule has 5 rings (SSSR count). The molecule has 0 amide bonds. The predicted molar refractivity (Wildman–Crippen MR) is 137 cm³/mol. The van der Waals surface area contributed by atoms with Gasteiger partial charge in [0.2, 0.25) is 5.95 Å². The van der Waals surface area contributed by atoms with E-state index in [0.29, 0.717) is 24.1 Å². The zero-order valence-electron chi connectivity index (χ0n) is 17.9. The van der Waals surface area contributed by atoms with E-state index in [4.69, 9.17) is 21.6 Å². The first kappa shape index (κ1) is 20.9. The minimum atomic E-state index is 0.600. The number of nitrogens with zero attached hydrogens (tertiary/aromatic N) is 3. The first-order chi connectivity index (χ1) is 16.3. The highest BCUT2D eigenvalue weighted by molar-refractivity contribution is 6.31. The fraction of sp³-hybridized carbons (Fsp3) is 0.0741. The van der Waals surface area contributed by atoms with Gasteiger partial charge in [-0.3, -0.25) is 4.98 Å². The number of hydrogen-bond donors (Lipinski definition) is 2. The Morgan fingerprint density at radius 3 is 1.97 bits per heavy atom. The summed E-state index contributed by atoms with van der Waals surface area (Å²) >= 11 is 6.10. The van der Waals surface area contributed by atoms with E-state index in [-0.39, 0.29) is 0 Å². The van der Waals surface area contributed by atoms with Gasteiger partial charge in [0, 0.05) is 46.5 Å². The van der Waals surface area contributed by atoms with Crippen LogP contribution in [0.1, 0.15) is 0 Å². The summed E-state index contributed by atoms with van der Waals surface area (Å²) in [5.41, 5.74) is 5.77. The summed E-state index contributed by atoms with van der Waals surface area (Å²) in [6.45, 7) is 1.35. The number of aromatic nitrogens is 3. The maximum absolute atomic E-state index is 6.10. The van der Waals surface area contributed by atoms with E-state index in [2.05, 4.69) is 39.9 Å². The third kappa shape index (κ3) is 4.94. The molecule has 5 aromatic rings. The number of nitrogens with one attached hydrogen (secondary N) is 2. The first-order valence-electron chi connectivity index (χ1n) is 10.8. The van der Waals surface area contributed by atoms with Crippen LogP contribution in [-0.4, -0.2) is 28.0 Å². The highest BCUT2D eigenvalue weighted by atomic mass is 35.5. The molecule has 5 nitrogen and oxygen atoms in total. The summed E-state index contributed by atoms with van der Waals surface area (Å²) in [5, 5.41) is 8.56. The lowest BCUT2D eigenvalue weighted by molar-refractivity contribution is 1.03. The maximum Gasteiger partial charge on any atom is 0.223 e. The predicted octanol–water partition coefficient (Wildman–Crippen LogP) is 6.54. The largest absolute Gasteiger partial charge is 0.383 e. The molecule has 0 bridgehead atoms. The van der Waals surface area contributed by atoms with Gasteiger partial charge in [-0.05, 0) is 30.3 Å². The van der Waals surface area contributed by atoms with Crippen LogP contribution in [0.3, 0.4) is 0 Å². The highest BCUT2D eigenvalue weighted by Crippen LogP contribution is 2.26. The van der Waals surface area contributed by atoms with E-state index in [9.17, 15) is 0 Å².